The van der Waals surface area contributed by atoms with E-state index in [4.69, 9.17) is 18.4 Å². The highest BCUT2D eigenvalue weighted by Crippen LogP contribution is 2.27. The fraction of sp³-hybridized carbons (Fsp3) is 0.167. The molecular formula is C18H15N3O4. The van der Waals surface area contributed by atoms with Gasteiger partial charge in [-0.15, -0.1) is 0 Å². The van der Waals surface area contributed by atoms with Gasteiger partial charge in [0, 0.05) is 12.5 Å². The van der Waals surface area contributed by atoms with Crippen LogP contribution in [0.15, 0.2) is 51.4 Å². The number of aromatic nitrogens is 3. The second-order valence-electron chi connectivity index (χ2n) is 5.37. The Morgan fingerprint density at radius 1 is 1.04 bits per heavy atom. The van der Waals surface area contributed by atoms with E-state index in [0.717, 1.165) is 16.7 Å². The van der Waals surface area contributed by atoms with Gasteiger partial charge in [-0.25, -0.2) is 4.98 Å². The zero-order chi connectivity index (χ0) is 17.2. The molecule has 2 aromatic heterocycles. The van der Waals surface area contributed by atoms with Gasteiger partial charge in [-0.2, -0.15) is 4.98 Å². The molecule has 0 saturated carbocycles. The Labute approximate surface area is 143 Å². The van der Waals surface area contributed by atoms with E-state index in [1.807, 2.05) is 42.5 Å². The minimum absolute atomic E-state index is 0.151. The summed E-state index contributed by atoms with van der Waals surface area (Å²) in [5.41, 5.74) is 2.28. The van der Waals surface area contributed by atoms with Gasteiger partial charge < -0.3 is 18.4 Å². The molecule has 0 amide bonds. The quantitative estimate of drug-likeness (QED) is 0.548. The van der Waals surface area contributed by atoms with Gasteiger partial charge >= 0.3 is 0 Å². The molecule has 0 atom stereocenters. The predicted octanol–water partition coefficient (Wildman–Crippen LogP) is 3.77. The van der Waals surface area contributed by atoms with Crippen molar-refractivity contribution in [3.05, 3.63) is 54.2 Å². The van der Waals surface area contributed by atoms with Crippen molar-refractivity contribution in [1.29, 1.82) is 0 Å². The Bertz CT molecular complexity index is 1020. The van der Waals surface area contributed by atoms with Gasteiger partial charge in [-0.1, -0.05) is 17.3 Å². The summed E-state index contributed by atoms with van der Waals surface area (Å²) in [4.78, 5) is 8.67. The molecule has 126 valence electrons. The first-order valence-corrected chi connectivity index (χ1v) is 7.69. The lowest BCUT2D eigenvalue weighted by molar-refractivity contribution is 0.233. The van der Waals surface area contributed by atoms with Crippen LogP contribution in [0.3, 0.4) is 0 Å². The lowest BCUT2D eigenvalue weighted by Crippen LogP contribution is -1.97. The van der Waals surface area contributed by atoms with Gasteiger partial charge in [0.05, 0.1) is 7.11 Å². The second kappa shape index (κ2) is 6.27. The standard InChI is InChI=1S/C18H15N3O4/c1-11-19-13-9-12(7-8-14(13)24-11)18-20-17(25-21-18)10-23-16-6-4-3-5-15(16)22-2/h3-9H,10H2,1-2H3. The molecule has 4 rings (SSSR count). The number of rotatable bonds is 5. The summed E-state index contributed by atoms with van der Waals surface area (Å²) in [5, 5.41) is 4.00. The summed E-state index contributed by atoms with van der Waals surface area (Å²) in [7, 11) is 1.59. The SMILES string of the molecule is COc1ccccc1OCc1nc(-c2ccc3oc(C)nc3c2)no1. The number of hydrogen-bond donors (Lipinski definition) is 0. The van der Waals surface area contributed by atoms with Crippen LogP contribution in [0.5, 0.6) is 11.5 Å². The summed E-state index contributed by atoms with van der Waals surface area (Å²) >= 11 is 0. The number of oxazole rings is 1. The maximum atomic E-state index is 5.69. The van der Waals surface area contributed by atoms with Crippen LogP contribution in [0.2, 0.25) is 0 Å². The van der Waals surface area contributed by atoms with Crippen LogP contribution >= 0.6 is 0 Å². The summed E-state index contributed by atoms with van der Waals surface area (Å²) in [6.07, 6.45) is 0. The fourth-order valence-electron chi connectivity index (χ4n) is 2.49. The van der Waals surface area contributed by atoms with E-state index in [1.54, 1.807) is 14.0 Å². The van der Waals surface area contributed by atoms with Gasteiger partial charge in [0.1, 0.15) is 5.52 Å². The smallest absolute Gasteiger partial charge is 0.264 e. The molecule has 7 heteroatoms. The minimum atomic E-state index is 0.151. The zero-order valence-corrected chi connectivity index (χ0v) is 13.7. The number of methoxy groups -OCH3 is 1. The number of fused-ring (bicyclic) bond motifs is 1. The van der Waals surface area contributed by atoms with Gasteiger partial charge in [0.15, 0.2) is 29.6 Å². The molecule has 0 aliphatic heterocycles. The van der Waals surface area contributed by atoms with Gasteiger partial charge in [-0.05, 0) is 30.3 Å². The molecule has 7 nitrogen and oxygen atoms in total. The van der Waals surface area contributed by atoms with Crippen molar-refractivity contribution in [2.45, 2.75) is 13.5 Å². The van der Waals surface area contributed by atoms with Crippen molar-refractivity contribution >= 4 is 11.1 Å². The number of nitrogens with zero attached hydrogens (tertiary/aromatic N) is 3. The maximum Gasteiger partial charge on any atom is 0.264 e. The molecule has 0 N–H and O–H groups in total. The largest absolute Gasteiger partial charge is 0.493 e. The van der Waals surface area contributed by atoms with Crippen LogP contribution in [0.25, 0.3) is 22.5 Å². The van der Waals surface area contributed by atoms with Crippen molar-refractivity contribution in [2.75, 3.05) is 7.11 Å². The van der Waals surface area contributed by atoms with Crippen LogP contribution < -0.4 is 9.47 Å². The summed E-state index contributed by atoms with van der Waals surface area (Å²) in [6, 6.07) is 12.9. The normalized spacial score (nSPS) is 11.0. The van der Waals surface area contributed by atoms with E-state index in [1.165, 1.54) is 0 Å². The Hall–Kier alpha value is -3.35. The first-order chi connectivity index (χ1) is 12.2. The topological polar surface area (TPSA) is 83.4 Å². The van der Waals surface area contributed by atoms with Crippen LogP contribution in [-0.4, -0.2) is 22.2 Å². The van der Waals surface area contributed by atoms with E-state index in [-0.39, 0.29) is 6.61 Å². The van der Waals surface area contributed by atoms with Gasteiger partial charge in [0.2, 0.25) is 5.82 Å². The number of hydrogen-bond acceptors (Lipinski definition) is 7. The van der Waals surface area contributed by atoms with Crippen molar-refractivity contribution in [3.8, 4) is 22.9 Å². The van der Waals surface area contributed by atoms with E-state index in [2.05, 4.69) is 15.1 Å². The van der Waals surface area contributed by atoms with Gasteiger partial charge in [0.25, 0.3) is 5.89 Å². The molecule has 0 saturated heterocycles. The lowest BCUT2D eigenvalue weighted by Gasteiger charge is -2.07. The summed E-state index contributed by atoms with van der Waals surface area (Å²) < 4.78 is 21.7. The first-order valence-electron chi connectivity index (χ1n) is 7.69. The van der Waals surface area contributed by atoms with E-state index in [9.17, 15) is 0 Å². The second-order valence-corrected chi connectivity index (χ2v) is 5.37. The Balaban J connectivity index is 1.53. The van der Waals surface area contributed by atoms with Crippen LogP contribution in [0.1, 0.15) is 11.8 Å². The molecule has 2 heterocycles. The number of ether oxygens (including phenoxy) is 2. The average Bonchev–Trinajstić information content (AvgIpc) is 3.25. The molecule has 0 unspecified atom stereocenters. The number of aryl methyl sites for hydroxylation is 1. The maximum absolute atomic E-state index is 5.69. The van der Waals surface area contributed by atoms with Crippen molar-refractivity contribution < 1.29 is 18.4 Å². The zero-order valence-electron chi connectivity index (χ0n) is 13.7. The molecular weight excluding hydrogens is 322 g/mol. The summed E-state index contributed by atoms with van der Waals surface area (Å²) in [5.74, 6) is 2.73. The Kier molecular flexibility index (Phi) is 3.81. The van der Waals surface area contributed by atoms with E-state index in [0.29, 0.717) is 29.1 Å². The Morgan fingerprint density at radius 3 is 2.72 bits per heavy atom. The molecule has 0 aliphatic carbocycles. The monoisotopic (exact) mass is 337 g/mol. The molecule has 0 fully saturated rings. The highest BCUT2D eigenvalue weighted by molar-refractivity contribution is 5.78. The minimum Gasteiger partial charge on any atom is -0.493 e. The average molecular weight is 337 g/mol. The highest BCUT2D eigenvalue weighted by atomic mass is 16.5. The summed E-state index contributed by atoms with van der Waals surface area (Å²) in [6.45, 7) is 1.96. The first kappa shape index (κ1) is 15.2. The highest BCUT2D eigenvalue weighted by Gasteiger charge is 2.12. The third-order valence-electron chi connectivity index (χ3n) is 3.64. The number of benzene rings is 2. The molecule has 0 radical (unpaired) electrons. The van der Waals surface area contributed by atoms with Gasteiger partial charge in [-0.3, -0.25) is 0 Å². The predicted molar refractivity (Wildman–Crippen MR) is 89.4 cm³/mol. The molecule has 0 aliphatic rings. The molecule has 0 spiro atoms. The molecule has 2 aromatic carbocycles. The lowest BCUT2D eigenvalue weighted by atomic mass is 10.2. The Morgan fingerprint density at radius 2 is 1.88 bits per heavy atom. The van der Waals surface area contributed by atoms with Crippen molar-refractivity contribution in [2.24, 2.45) is 0 Å². The van der Waals surface area contributed by atoms with Crippen molar-refractivity contribution in [1.82, 2.24) is 15.1 Å². The molecule has 25 heavy (non-hydrogen) atoms. The third-order valence-corrected chi connectivity index (χ3v) is 3.64. The van der Waals surface area contributed by atoms with E-state index >= 15 is 0 Å². The third kappa shape index (κ3) is 3.03. The fourth-order valence-corrected chi connectivity index (χ4v) is 2.49. The van der Waals surface area contributed by atoms with E-state index < -0.39 is 0 Å². The molecule has 0 bridgehead atoms. The van der Waals surface area contributed by atoms with Crippen LogP contribution in [0, 0.1) is 6.92 Å². The number of para-hydroxylation sites is 2. The van der Waals surface area contributed by atoms with Crippen LogP contribution in [0.4, 0.5) is 0 Å². The molecule has 4 aromatic rings. The van der Waals surface area contributed by atoms with Crippen LogP contribution in [-0.2, 0) is 6.61 Å². The van der Waals surface area contributed by atoms with Crippen molar-refractivity contribution in [3.63, 3.8) is 0 Å².